The van der Waals surface area contributed by atoms with E-state index in [0.29, 0.717) is 16.9 Å². The Balaban J connectivity index is 1.70. The highest BCUT2D eigenvalue weighted by Gasteiger charge is 2.38. The quantitative estimate of drug-likeness (QED) is 0.771. The maximum absolute atomic E-state index is 13.0. The van der Waals surface area contributed by atoms with Crippen LogP contribution < -0.4 is 10.6 Å². The Labute approximate surface area is 144 Å². The average molecular weight is 332 g/mol. The van der Waals surface area contributed by atoms with Crippen molar-refractivity contribution in [2.75, 3.05) is 5.32 Å². The highest BCUT2D eigenvalue weighted by Crippen LogP contribution is 2.33. The van der Waals surface area contributed by atoms with E-state index in [9.17, 15) is 9.59 Å². The fraction of sp³-hybridized carbons (Fsp3) is 0.100. The van der Waals surface area contributed by atoms with Gasteiger partial charge in [0.25, 0.3) is 5.91 Å². The lowest BCUT2D eigenvalue weighted by molar-refractivity contribution is 0.0837. The Hall–Kier alpha value is -3.34. The number of hydrogen-bond acceptors (Lipinski definition) is 4. The summed E-state index contributed by atoms with van der Waals surface area (Å²) < 4.78 is 5.49. The maximum atomic E-state index is 13.0. The molecule has 1 aromatic heterocycles. The minimum atomic E-state index is -0.756. The standard InChI is InChI=1S/C20H16N2O3/c23-19-14-9-4-5-10-15(14)21-17(16-11-6-12-25-16)18(19)22-20(24)13-7-2-1-3-8-13/h1-12,17-18,21H,(H,22,24). The van der Waals surface area contributed by atoms with Gasteiger partial charge in [0, 0.05) is 16.8 Å². The van der Waals surface area contributed by atoms with Gasteiger partial charge in [-0.25, -0.2) is 0 Å². The van der Waals surface area contributed by atoms with E-state index >= 15 is 0 Å². The number of furan rings is 1. The zero-order chi connectivity index (χ0) is 17.2. The number of fused-ring (bicyclic) bond motifs is 1. The van der Waals surface area contributed by atoms with Crippen molar-refractivity contribution in [1.82, 2.24) is 5.32 Å². The lowest BCUT2D eigenvalue weighted by atomic mass is 9.90. The van der Waals surface area contributed by atoms with Gasteiger partial charge in [0.05, 0.1) is 6.26 Å². The van der Waals surface area contributed by atoms with E-state index in [1.807, 2.05) is 24.3 Å². The Morgan fingerprint density at radius 2 is 1.72 bits per heavy atom. The van der Waals surface area contributed by atoms with Crippen LogP contribution in [0.25, 0.3) is 0 Å². The molecule has 5 nitrogen and oxygen atoms in total. The van der Waals surface area contributed by atoms with Crippen LogP contribution in [0.15, 0.2) is 77.4 Å². The van der Waals surface area contributed by atoms with Crippen LogP contribution in [0.2, 0.25) is 0 Å². The first-order valence-electron chi connectivity index (χ1n) is 8.03. The molecule has 1 aliphatic heterocycles. The first-order chi connectivity index (χ1) is 12.2. The maximum Gasteiger partial charge on any atom is 0.251 e. The predicted molar refractivity (Wildman–Crippen MR) is 93.5 cm³/mol. The normalized spacial score (nSPS) is 19.0. The first-order valence-corrected chi connectivity index (χ1v) is 8.03. The Morgan fingerprint density at radius 3 is 2.48 bits per heavy atom. The zero-order valence-electron chi connectivity index (χ0n) is 13.3. The van der Waals surface area contributed by atoms with Crippen molar-refractivity contribution >= 4 is 17.4 Å². The highest BCUT2D eigenvalue weighted by atomic mass is 16.3. The fourth-order valence-corrected chi connectivity index (χ4v) is 3.06. The van der Waals surface area contributed by atoms with Crippen LogP contribution in [0.1, 0.15) is 32.5 Å². The highest BCUT2D eigenvalue weighted by molar-refractivity contribution is 6.09. The number of Topliss-reactive ketones (excluding diaryl/α,β-unsaturated/α-hetero) is 1. The average Bonchev–Trinajstić information content (AvgIpc) is 3.19. The molecule has 25 heavy (non-hydrogen) atoms. The molecule has 0 aliphatic carbocycles. The molecule has 5 heteroatoms. The lowest BCUT2D eigenvalue weighted by Crippen LogP contribution is -2.49. The smallest absolute Gasteiger partial charge is 0.251 e. The van der Waals surface area contributed by atoms with Crippen LogP contribution >= 0.6 is 0 Å². The molecule has 0 saturated carbocycles. The fourth-order valence-electron chi connectivity index (χ4n) is 3.06. The predicted octanol–water partition coefficient (Wildman–Crippen LogP) is 3.43. The summed E-state index contributed by atoms with van der Waals surface area (Å²) in [4.78, 5) is 25.6. The summed E-state index contributed by atoms with van der Waals surface area (Å²) in [5.41, 5.74) is 1.80. The second-order valence-corrected chi connectivity index (χ2v) is 5.86. The van der Waals surface area contributed by atoms with Crippen LogP contribution in [-0.2, 0) is 0 Å². The second kappa shape index (κ2) is 6.28. The molecular formula is C20H16N2O3. The van der Waals surface area contributed by atoms with Gasteiger partial charge >= 0.3 is 0 Å². The Kier molecular flexibility index (Phi) is 3.82. The largest absolute Gasteiger partial charge is 0.467 e. The third-order valence-corrected chi connectivity index (χ3v) is 4.29. The van der Waals surface area contributed by atoms with Gasteiger partial charge in [-0.2, -0.15) is 0 Å². The van der Waals surface area contributed by atoms with Gasteiger partial charge in [0.2, 0.25) is 0 Å². The minimum absolute atomic E-state index is 0.139. The molecule has 2 atom stereocenters. The molecule has 124 valence electrons. The number of nitrogens with one attached hydrogen (secondary N) is 2. The molecule has 4 rings (SSSR count). The van der Waals surface area contributed by atoms with Gasteiger partial charge in [-0.05, 0) is 36.4 Å². The topological polar surface area (TPSA) is 71.3 Å². The van der Waals surface area contributed by atoms with Crippen LogP contribution in [0.5, 0.6) is 0 Å². The van der Waals surface area contributed by atoms with Crippen molar-refractivity contribution in [3.63, 3.8) is 0 Å². The molecule has 0 spiro atoms. The van der Waals surface area contributed by atoms with Crippen molar-refractivity contribution in [2.24, 2.45) is 0 Å². The summed E-state index contributed by atoms with van der Waals surface area (Å²) in [5, 5.41) is 6.16. The summed E-state index contributed by atoms with van der Waals surface area (Å²) in [6.07, 6.45) is 1.55. The second-order valence-electron chi connectivity index (χ2n) is 5.86. The van der Waals surface area contributed by atoms with E-state index in [2.05, 4.69) is 10.6 Å². The Bertz CT molecular complexity index is 904. The van der Waals surface area contributed by atoms with Crippen molar-refractivity contribution < 1.29 is 14.0 Å². The molecule has 0 fully saturated rings. The molecule has 3 aromatic rings. The van der Waals surface area contributed by atoms with Crippen molar-refractivity contribution in [2.45, 2.75) is 12.1 Å². The first kappa shape index (κ1) is 15.2. The van der Waals surface area contributed by atoms with Gasteiger partial charge in [-0.3, -0.25) is 9.59 Å². The SMILES string of the molecule is O=C(NC1C(=O)c2ccccc2NC1c1ccco1)c1ccccc1. The molecule has 0 bridgehead atoms. The molecule has 1 aliphatic rings. The van der Waals surface area contributed by atoms with Gasteiger partial charge in [0.1, 0.15) is 17.8 Å². The lowest BCUT2D eigenvalue weighted by Gasteiger charge is -2.32. The van der Waals surface area contributed by atoms with Crippen LogP contribution in [0.4, 0.5) is 5.69 Å². The minimum Gasteiger partial charge on any atom is -0.467 e. The monoisotopic (exact) mass is 332 g/mol. The third kappa shape index (κ3) is 2.80. The molecule has 2 aromatic carbocycles. The number of carbonyl (C=O) groups is 2. The van der Waals surface area contributed by atoms with Crippen molar-refractivity contribution in [3.8, 4) is 0 Å². The molecule has 0 radical (unpaired) electrons. The summed E-state index contributed by atoms with van der Waals surface area (Å²) in [7, 11) is 0. The van der Waals surface area contributed by atoms with E-state index < -0.39 is 12.1 Å². The number of ketones is 1. The third-order valence-electron chi connectivity index (χ3n) is 4.29. The van der Waals surface area contributed by atoms with E-state index in [-0.39, 0.29) is 11.7 Å². The van der Waals surface area contributed by atoms with Crippen molar-refractivity contribution in [3.05, 3.63) is 89.9 Å². The van der Waals surface area contributed by atoms with E-state index in [1.165, 1.54) is 0 Å². The number of carbonyl (C=O) groups excluding carboxylic acids is 2. The van der Waals surface area contributed by atoms with E-state index in [0.717, 1.165) is 5.69 Å². The van der Waals surface area contributed by atoms with Gasteiger partial charge < -0.3 is 15.1 Å². The Morgan fingerprint density at radius 1 is 0.960 bits per heavy atom. The summed E-state index contributed by atoms with van der Waals surface area (Å²) in [5.74, 6) is 0.165. The number of para-hydroxylation sites is 1. The summed E-state index contributed by atoms with van der Waals surface area (Å²) in [6, 6.07) is 18.4. The van der Waals surface area contributed by atoms with E-state index in [1.54, 1.807) is 48.7 Å². The molecule has 2 heterocycles. The number of benzene rings is 2. The zero-order valence-corrected chi connectivity index (χ0v) is 13.3. The number of rotatable bonds is 3. The van der Waals surface area contributed by atoms with Crippen LogP contribution in [0, 0.1) is 0 Å². The number of hydrogen-bond donors (Lipinski definition) is 2. The number of anilines is 1. The van der Waals surface area contributed by atoms with Gasteiger partial charge in [-0.1, -0.05) is 30.3 Å². The summed E-state index contributed by atoms with van der Waals surface area (Å²) >= 11 is 0. The molecule has 0 saturated heterocycles. The van der Waals surface area contributed by atoms with Crippen LogP contribution in [-0.4, -0.2) is 17.7 Å². The van der Waals surface area contributed by atoms with E-state index in [4.69, 9.17) is 4.42 Å². The molecule has 1 amide bonds. The van der Waals surface area contributed by atoms with Crippen molar-refractivity contribution in [1.29, 1.82) is 0 Å². The van der Waals surface area contributed by atoms with Gasteiger partial charge in [-0.15, -0.1) is 0 Å². The number of amides is 1. The van der Waals surface area contributed by atoms with Crippen LogP contribution in [0.3, 0.4) is 0 Å². The summed E-state index contributed by atoms with van der Waals surface area (Å²) in [6.45, 7) is 0. The molecular weight excluding hydrogens is 316 g/mol. The molecule has 2 N–H and O–H groups in total. The molecule has 2 unspecified atom stereocenters. The van der Waals surface area contributed by atoms with Gasteiger partial charge in [0.15, 0.2) is 5.78 Å².